The Kier molecular flexibility index (Phi) is 5.89. The van der Waals surface area contributed by atoms with Gasteiger partial charge in [0.15, 0.2) is 0 Å². The van der Waals surface area contributed by atoms with Crippen LogP contribution in [0.1, 0.15) is 50.3 Å². The molecule has 1 amide bonds. The first-order valence-corrected chi connectivity index (χ1v) is 9.23. The zero-order chi connectivity index (χ0) is 16.9. The zero-order valence-electron chi connectivity index (χ0n) is 14.7. The van der Waals surface area contributed by atoms with Gasteiger partial charge in [-0.15, -0.1) is 0 Å². The molecule has 6 nitrogen and oxygen atoms in total. The number of piperidine rings is 1. The van der Waals surface area contributed by atoms with Crippen molar-refractivity contribution in [2.75, 3.05) is 26.2 Å². The van der Waals surface area contributed by atoms with Crippen LogP contribution >= 0.6 is 0 Å². The lowest BCUT2D eigenvalue weighted by Gasteiger charge is -2.38. The van der Waals surface area contributed by atoms with E-state index in [1.807, 2.05) is 17.9 Å². The molecule has 0 spiro atoms. The predicted molar refractivity (Wildman–Crippen MR) is 92.2 cm³/mol. The maximum atomic E-state index is 10.9. The van der Waals surface area contributed by atoms with Crippen LogP contribution in [0.25, 0.3) is 0 Å². The molecule has 134 valence electrons. The first-order valence-electron chi connectivity index (χ1n) is 9.23. The lowest BCUT2D eigenvalue weighted by Crippen LogP contribution is -2.40. The van der Waals surface area contributed by atoms with Gasteiger partial charge < -0.3 is 15.4 Å². The van der Waals surface area contributed by atoms with Gasteiger partial charge in [-0.05, 0) is 57.2 Å². The van der Waals surface area contributed by atoms with E-state index >= 15 is 0 Å². The number of amides is 1. The summed E-state index contributed by atoms with van der Waals surface area (Å²) in [6, 6.07) is 2.08. The number of likely N-dealkylation sites (tertiary alicyclic amines) is 1. The van der Waals surface area contributed by atoms with Crippen LogP contribution in [-0.4, -0.2) is 46.8 Å². The van der Waals surface area contributed by atoms with Gasteiger partial charge in [0.05, 0.1) is 5.69 Å². The second-order valence-electron chi connectivity index (χ2n) is 7.32. The molecule has 0 aliphatic carbocycles. The highest BCUT2D eigenvalue weighted by molar-refractivity contribution is 5.73. The Hall–Kier alpha value is -1.40. The normalized spacial score (nSPS) is 26.5. The standard InChI is InChI=1S/C18H30N4O2/c1-21-16(6-9-20-21)18-15(3-2-12-24-18)13-22-10-7-14(8-11-22)4-5-17(19)23/h6,9,14-15,18H,2-5,7-8,10-13H2,1H3,(H2,19,23)/t15-,18+/m0/s1. The number of nitrogens with two attached hydrogens (primary N) is 1. The largest absolute Gasteiger partial charge is 0.372 e. The van der Waals surface area contributed by atoms with E-state index in [2.05, 4.69) is 16.1 Å². The topological polar surface area (TPSA) is 73.4 Å². The molecule has 0 unspecified atom stereocenters. The number of ether oxygens (including phenoxy) is 1. The number of aromatic nitrogens is 2. The minimum Gasteiger partial charge on any atom is -0.372 e. The summed E-state index contributed by atoms with van der Waals surface area (Å²) in [5.41, 5.74) is 6.45. The number of nitrogens with zero attached hydrogens (tertiary/aromatic N) is 3. The van der Waals surface area contributed by atoms with Gasteiger partial charge in [-0.25, -0.2) is 0 Å². The van der Waals surface area contributed by atoms with Crippen molar-refractivity contribution in [2.45, 2.75) is 44.6 Å². The Morgan fingerprint density at radius 2 is 2.17 bits per heavy atom. The van der Waals surface area contributed by atoms with Crippen LogP contribution in [0.3, 0.4) is 0 Å². The Morgan fingerprint density at radius 3 is 2.83 bits per heavy atom. The first kappa shape index (κ1) is 17.4. The third-order valence-electron chi connectivity index (χ3n) is 5.59. The van der Waals surface area contributed by atoms with Gasteiger partial charge in [0.2, 0.25) is 5.91 Å². The zero-order valence-corrected chi connectivity index (χ0v) is 14.7. The molecule has 0 bridgehead atoms. The summed E-state index contributed by atoms with van der Waals surface area (Å²) in [7, 11) is 1.99. The summed E-state index contributed by atoms with van der Waals surface area (Å²) in [5.74, 6) is 1.02. The summed E-state index contributed by atoms with van der Waals surface area (Å²) in [4.78, 5) is 13.5. The van der Waals surface area contributed by atoms with Crippen molar-refractivity contribution in [3.05, 3.63) is 18.0 Å². The molecule has 0 radical (unpaired) electrons. The highest BCUT2D eigenvalue weighted by Crippen LogP contribution is 2.34. The fraction of sp³-hybridized carbons (Fsp3) is 0.778. The van der Waals surface area contributed by atoms with Crippen LogP contribution in [0, 0.1) is 11.8 Å². The molecule has 0 aromatic carbocycles. The van der Waals surface area contributed by atoms with E-state index in [-0.39, 0.29) is 12.0 Å². The molecule has 2 aliphatic rings. The van der Waals surface area contributed by atoms with Crippen LogP contribution in [0.2, 0.25) is 0 Å². The molecule has 1 aromatic rings. The van der Waals surface area contributed by atoms with E-state index in [0.717, 1.165) is 39.1 Å². The van der Waals surface area contributed by atoms with Gasteiger partial charge >= 0.3 is 0 Å². The SMILES string of the molecule is Cn1nccc1[C@@H]1OCCC[C@H]1CN1CCC(CCC(N)=O)CC1. The second-order valence-corrected chi connectivity index (χ2v) is 7.32. The minimum absolute atomic E-state index is 0.166. The third-order valence-corrected chi connectivity index (χ3v) is 5.59. The van der Waals surface area contributed by atoms with Crippen molar-refractivity contribution >= 4 is 5.91 Å². The molecule has 0 saturated carbocycles. The van der Waals surface area contributed by atoms with Gasteiger partial charge in [-0.1, -0.05) is 0 Å². The molecule has 2 aliphatic heterocycles. The fourth-order valence-electron chi connectivity index (χ4n) is 4.16. The van der Waals surface area contributed by atoms with Crippen LogP contribution in [0.5, 0.6) is 0 Å². The quantitative estimate of drug-likeness (QED) is 0.862. The van der Waals surface area contributed by atoms with Crippen molar-refractivity contribution in [2.24, 2.45) is 24.6 Å². The van der Waals surface area contributed by atoms with Gasteiger partial charge in [0.1, 0.15) is 6.10 Å². The first-order chi connectivity index (χ1) is 11.6. The van der Waals surface area contributed by atoms with Crippen molar-refractivity contribution < 1.29 is 9.53 Å². The summed E-state index contributed by atoms with van der Waals surface area (Å²) < 4.78 is 8.05. The van der Waals surface area contributed by atoms with E-state index in [9.17, 15) is 4.79 Å². The lowest BCUT2D eigenvalue weighted by molar-refractivity contribution is -0.118. The van der Waals surface area contributed by atoms with Gasteiger partial charge in [-0.3, -0.25) is 9.48 Å². The number of carbonyl (C=O) groups is 1. The van der Waals surface area contributed by atoms with Crippen molar-refractivity contribution in [3.8, 4) is 0 Å². The van der Waals surface area contributed by atoms with Crippen molar-refractivity contribution in [1.82, 2.24) is 14.7 Å². The molecule has 3 heterocycles. The summed E-state index contributed by atoms with van der Waals surface area (Å²) >= 11 is 0. The monoisotopic (exact) mass is 334 g/mol. The number of primary amides is 1. The number of hydrogen-bond acceptors (Lipinski definition) is 4. The smallest absolute Gasteiger partial charge is 0.217 e. The van der Waals surface area contributed by atoms with Gasteiger partial charge in [0.25, 0.3) is 0 Å². The molecule has 6 heteroatoms. The molecule has 3 rings (SSSR count). The van der Waals surface area contributed by atoms with Gasteiger partial charge in [-0.2, -0.15) is 5.10 Å². The fourth-order valence-corrected chi connectivity index (χ4v) is 4.16. The summed E-state index contributed by atoms with van der Waals surface area (Å²) in [6.45, 7) is 4.19. The van der Waals surface area contributed by atoms with Crippen LogP contribution < -0.4 is 5.73 Å². The molecule has 2 atom stereocenters. The molecule has 2 fully saturated rings. The van der Waals surface area contributed by atoms with Crippen LogP contribution in [0.15, 0.2) is 12.3 Å². The van der Waals surface area contributed by atoms with Crippen LogP contribution in [0.4, 0.5) is 0 Å². The maximum absolute atomic E-state index is 10.9. The third kappa shape index (κ3) is 4.36. The van der Waals surface area contributed by atoms with E-state index in [4.69, 9.17) is 10.5 Å². The highest BCUT2D eigenvalue weighted by Gasteiger charge is 2.32. The molecular formula is C18H30N4O2. The van der Waals surface area contributed by atoms with E-state index in [0.29, 0.717) is 18.3 Å². The summed E-state index contributed by atoms with van der Waals surface area (Å²) in [6.07, 6.45) is 8.23. The van der Waals surface area contributed by atoms with E-state index in [1.54, 1.807) is 0 Å². The number of hydrogen-bond donors (Lipinski definition) is 1. The second kappa shape index (κ2) is 8.12. The van der Waals surface area contributed by atoms with E-state index < -0.39 is 0 Å². The highest BCUT2D eigenvalue weighted by atomic mass is 16.5. The molecule has 24 heavy (non-hydrogen) atoms. The number of rotatable bonds is 6. The molecule has 1 aromatic heterocycles. The predicted octanol–water partition coefficient (Wildman–Crippen LogP) is 1.87. The minimum atomic E-state index is -0.171. The summed E-state index contributed by atoms with van der Waals surface area (Å²) in [5, 5.41) is 4.30. The average Bonchev–Trinajstić information content (AvgIpc) is 3.00. The van der Waals surface area contributed by atoms with Crippen LogP contribution in [-0.2, 0) is 16.6 Å². The Labute approximate surface area is 144 Å². The van der Waals surface area contributed by atoms with Crippen molar-refractivity contribution in [3.63, 3.8) is 0 Å². The molecular weight excluding hydrogens is 304 g/mol. The maximum Gasteiger partial charge on any atom is 0.217 e. The lowest BCUT2D eigenvalue weighted by atomic mass is 9.88. The average molecular weight is 334 g/mol. The Morgan fingerprint density at radius 1 is 1.38 bits per heavy atom. The Bertz CT molecular complexity index is 537. The van der Waals surface area contributed by atoms with E-state index in [1.165, 1.54) is 25.0 Å². The number of carbonyl (C=O) groups excluding carboxylic acids is 1. The van der Waals surface area contributed by atoms with Gasteiger partial charge in [0, 0.05) is 38.7 Å². The molecule has 2 N–H and O–H groups in total. The Balaban J connectivity index is 1.51. The molecule has 2 saturated heterocycles. The van der Waals surface area contributed by atoms with Crippen molar-refractivity contribution in [1.29, 1.82) is 0 Å². The number of aryl methyl sites for hydroxylation is 1.